The van der Waals surface area contributed by atoms with Crippen molar-refractivity contribution in [2.75, 3.05) is 0 Å². The SMILES string of the molecule is N#CO.N#CO.N#CO.N#CO.N#CO.[Cr].[Fe]. The first kappa shape index (κ1) is 47.0. The smallest absolute Gasteiger partial charge is 0.283 e. The van der Waals surface area contributed by atoms with Gasteiger partial charge in [-0.1, -0.05) is 0 Å². The molecule has 10 nitrogen and oxygen atoms in total. The summed E-state index contributed by atoms with van der Waals surface area (Å²) in [6, 6.07) is 0. The van der Waals surface area contributed by atoms with Gasteiger partial charge in [0, 0.05) is 34.4 Å². The minimum Gasteiger partial charge on any atom is -0.443 e. The van der Waals surface area contributed by atoms with Crippen LogP contribution in [0, 0.1) is 57.6 Å². The first-order chi connectivity index (χ1) is 7.07. The molecule has 12 heteroatoms. The third-order valence-electron chi connectivity index (χ3n) is 0. The third kappa shape index (κ3) is 286. The minimum atomic E-state index is 0. The number of nitrogens with zero attached hydrogens (tertiary/aromatic N) is 5. The number of nitriles is 5. The molecule has 5 N–H and O–H groups in total. The molecule has 0 saturated heterocycles. The Balaban J connectivity index is -0.0000000143. The summed E-state index contributed by atoms with van der Waals surface area (Å²) in [5.74, 6) is 0. The molecule has 0 aromatic carbocycles. The van der Waals surface area contributed by atoms with Gasteiger partial charge in [-0.25, -0.2) is 0 Å². The van der Waals surface area contributed by atoms with Gasteiger partial charge >= 0.3 is 0 Å². The molecule has 0 radical (unpaired) electrons. The van der Waals surface area contributed by atoms with E-state index in [1.807, 2.05) is 0 Å². The number of hydrogen-bond acceptors (Lipinski definition) is 10. The molecule has 0 spiro atoms. The Bertz CT molecular complexity index is 212. The number of aliphatic hydroxyl groups excluding tert-OH is 5. The Morgan fingerprint density at radius 2 is 0.471 bits per heavy atom. The van der Waals surface area contributed by atoms with E-state index in [1.165, 1.54) is 0 Å². The fraction of sp³-hybridized carbons (Fsp3) is 0. The molecule has 0 aliphatic rings. The number of aliphatic hydroxyl groups is 5. The van der Waals surface area contributed by atoms with E-state index in [1.54, 1.807) is 0 Å². The van der Waals surface area contributed by atoms with Gasteiger partial charge in [-0.2, -0.15) is 26.3 Å². The maximum atomic E-state index is 6.88. The zero-order valence-corrected chi connectivity index (χ0v) is 10.1. The maximum absolute atomic E-state index is 6.88. The summed E-state index contributed by atoms with van der Waals surface area (Å²) in [4.78, 5) is 0. The van der Waals surface area contributed by atoms with Crippen LogP contribution in [-0.4, -0.2) is 25.5 Å². The van der Waals surface area contributed by atoms with Crippen molar-refractivity contribution in [3.63, 3.8) is 0 Å². The summed E-state index contributed by atoms with van der Waals surface area (Å²) < 4.78 is 0. The fourth-order valence-corrected chi connectivity index (χ4v) is 0. The molecule has 0 rings (SSSR count). The van der Waals surface area contributed by atoms with Crippen LogP contribution in [0.4, 0.5) is 0 Å². The van der Waals surface area contributed by atoms with Gasteiger partial charge in [0.1, 0.15) is 0 Å². The second-order valence-corrected chi connectivity index (χ2v) is 0.500. The summed E-state index contributed by atoms with van der Waals surface area (Å²) in [5.41, 5.74) is 0. The second kappa shape index (κ2) is 337. The first-order valence-electron chi connectivity index (χ1n) is 2.24. The molecule has 94 valence electrons. The molecule has 0 atom stereocenters. The molecule has 0 unspecified atom stereocenters. The fourth-order valence-electron chi connectivity index (χ4n) is 0. The van der Waals surface area contributed by atoms with Crippen molar-refractivity contribution < 1.29 is 60.0 Å². The standard InChI is InChI=1S/5CHNO.Cr.Fe/c5*2-1-3;;/h5*3H;;. The van der Waals surface area contributed by atoms with Gasteiger partial charge in [-0.05, 0) is 0 Å². The zero-order chi connectivity index (χ0) is 13.5. The molecule has 0 amide bonds. The molecule has 0 saturated carbocycles. The zero-order valence-electron chi connectivity index (χ0n) is 7.73. The molecule has 0 aromatic heterocycles. The van der Waals surface area contributed by atoms with E-state index in [0.29, 0.717) is 0 Å². The minimum absolute atomic E-state index is 0. The number of hydrogen-bond donors (Lipinski definition) is 5. The van der Waals surface area contributed by atoms with Crippen LogP contribution in [0.15, 0.2) is 0 Å². The Hall–Kier alpha value is -2.50. The monoisotopic (exact) mass is 323 g/mol. The summed E-state index contributed by atoms with van der Waals surface area (Å²) >= 11 is 0. The molecular formula is C5H5CrFeN5O5. The van der Waals surface area contributed by atoms with Gasteiger partial charge in [0.2, 0.25) is 0 Å². The van der Waals surface area contributed by atoms with Gasteiger partial charge < -0.3 is 25.5 Å². The molecule has 0 aliphatic carbocycles. The molecule has 0 fully saturated rings. The van der Waals surface area contributed by atoms with E-state index in [2.05, 4.69) is 0 Å². The van der Waals surface area contributed by atoms with Gasteiger partial charge in [0.25, 0.3) is 31.3 Å². The number of rotatable bonds is 0. The molecular weight excluding hydrogens is 318 g/mol. The predicted molar refractivity (Wildman–Crippen MR) is 37.7 cm³/mol. The molecule has 0 heterocycles. The molecule has 17 heavy (non-hydrogen) atoms. The molecule has 0 aliphatic heterocycles. The Morgan fingerprint density at radius 3 is 0.471 bits per heavy atom. The summed E-state index contributed by atoms with van der Waals surface area (Å²) in [7, 11) is 0. The van der Waals surface area contributed by atoms with Gasteiger partial charge in [0.15, 0.2) is 0 Å². The Kier molecular flexibility index (Phi) is 932. The largest absolute Gasteiger partial charge is 0.443 e. The average Bonchev–Trinajstić information content (AvgIpc) is 2.09. The summed E-state index contributed by atoms with van der Waals surface area (Å²) in [6.45, 7) is 0. The van der Waals surface area contributed by atoms with Crippen LogP contribution in [0.2, 0.25) is 0 Å². The predicted octanol–water partition coefficient (Wildman–Crippen LogP) is -0.805. The van der Waals surface area contributed by atoms with Crippen molar-refractivity contribution in [3.8, 4) is 31.3 Å². The van der Waals surface area contributed by atoms with Crippen molar-refractivity contribution >= 4 is 0 Å². The van der Waals surface area contributed by atoms with Crippen molar-refractivity contribution in [2.45, 2.75) is 0 Å². The van der Waals surface area contributed by atoms with E-state index in [0.717, 1.165) is 31.3 Å². The van der Waals surface area contributed by atoms with E-state index >= 15 is 0 Å². The molecule has 0 bridgehead atoms. The second-order valence-electron chi connectivity index (χ2n) is 0.500. The summed E-state index contributed by atoms with van der Waals surface area (Å²) in [5, 5.41) is 68.8. The van der Waals surface area contributed by atoms with Gasteiger partial charge in [0.05, 0.1) is 0 Å². The van der Waals surface area contributed by atoms with E-state index in [-0.39, 0.29) is 34.4 Å². The maximum Gasteiger partial charge on any atom is 0.283 e. The Morgan fingerprint density at radius 1 is 0.471 bits per heavy atom. The van der Waals surface area contributed by atoms with Crippen molar-refractivity contribution in [3.05, 3.63) is 0 Å². The Labute approximate surface area is 118 Å². The van der Waals surface area contributed by atoms with Crippen LogP contribution in [0.1, 0.15) is 0 Å². The quantitative estimate of drug-likeness (QED) is 0.275. The normalized spacial score (nSPS) is 2.06. The van der Waals surface area contributed by atoms with Crippen LogP contribution in [0.3, 0.4) is 0 Å². The topological polar surface area (TPSA) is 220 Å². The molecule has 0 aromatic rings. The summed E-state index contributed by atoms with van der Waals surface area (Å²) in [6.07, 6.45) is 3.75. The van der Waals surface area contributed by atoms with Crippen LogP contribution < -0.4 is 0 Å². The van der Waals surface area contributed by atoms with Crippen LogP contribution in [0.25, 0.3) is 0 Å². The average molecular weight is 323 g/mol. The van der Waals surface area contributed by atoms with Crippen LogP contribution >= 0.6 is 0 Å². The van der Waals surface area contributed by atoms with E-state index < -0.39 is 0 Å². The first-order valence-corrected chi connectivity index (χ1v) is 2.24. The van der Waals surface area contributed by atoms with E-state index in [9.17, 15) is 0 Å². The van der Waals surface area contributed by atoms with Crippen LogP contribution in [-0.2, 0) is 34.4 Å². The van der Waals surface area contributed by atoms with Crippen molar-refractivity contribution in [1.82, 2.24) is 0 Å². The van der Waals surface area contributed by atoms with E-state index in [4.69, 9.17) is 51.8 Å². The van der Waals surface area contributed by atoms with Crippen molar-refractivity contribution in [1.29, 1.82) is 26.3 Å². The third-order valence-corrected chi connectivity index (χ3v) is 0. The van der Waals surface area contributed by atoms with Gasteiger partial charge in [-0.3, -0.25) is 0 Å². The van der Waals surface area contributed by atoms with Gasteiger partial charge in [-0.15, -0.1) is 0 Å². The van der Waals surface area contributed by atoms with Crippen LogP contribution in [0.5, 0.6) is 0 Å². The van der Waals surface area contributed by atoms with Crippen molar-refractivity contribution in [2.24, 2.45) is 0 Å².